The van der Waals surface area contributed by atoms with Crippen molar-refractivity contribution in [2.75, 3.05) is 46.7 Å². The molecule has 2 heterocycles. The van der Waals surface area contributed by atoms with Crippen LogP contribution in [-0.4, -0.2) is 78.6 Å². The highest BCUT2D eigenvalue weighted by molar-refractivity contribution is 7.90. The molecular formula is C24H30N2O7S2. The predicted octanol–water partition coefficient (Wildman–Crippen LogP) is 2.42. The lowest BCUT2D eigenvalue weighted by molar-refractivity contribution is 0.0596. The van der Waals surface area contributed by atoms with Gasteiger partial charge in [-0.05, 0) is 67.1 Å². The normalized spacial score (nSPS) is 18.5. The van der Waals surface area contributed by atoms with Crippen molar-refractivity contribution in [2.24, 2.45) is 5.41 Å². The molecule has 2 aromatic rings. The number of benzene rings is 2. The largest absolute Gasteiger partial charge is 0.497 e. The smallest absolute Gasteiger partial charge is 0.257 e. The highest BCUT2D eigenvalue weighted by Gasteiger charge is 2.45. The van der Waals surface area contributed by atoms with Crippen LogP contribution in [0.5, 0.6) is 11.5 Å². The Labute approximate surface area is 206 Å². The van der Waals surface area contributed by atoms with Gasteiger partial charge in [0.25, 0.3) is 5.91 Å². The molecule has 0 bridgehead atoms. The molecule has 0 saturated carbocycles. The fraction of sp³-hybridized carbons (Fsp3) is 0.458. The van der Waals surface area contributed by atoms with Crippen molar-refractivity contribution in [3.8, 4) is 11.5 Å². The van der Waals surface area contributed by atoms with Crippen LogP contribution >= 0.6 is 0 Å². The van der Waals surface area contributed by atoms with E-state index in [1.165, 1.54) is 35.7 Å². The van der Waals surface area contributed by atoms with Gasteiger partial charge in [0.15, 0.2) is 9.84 Å². The Balaban J connectivity index is 1.44. The SMILES string of the molecule is COc1ccc(OC)c(C(=O)N2CCC3(CC2)CCN(S(=O)(=O)c2ccc(S(C)(=O)=O)cc2)C3)c1. The molecule has 1 amide bonds. The fourth-order valence-electron chi connectivity index (χ4n) is 4.85. The number of sulfone groups is 1. The van der Waals surface area contributed by atoms with E-state index < -0.39 is 19.9 Å². The van der Waals surface area contributed by atoms with Gasteiger partial charge >= 0.3 is 0 Å². The van der Waals surface area contributed by atoms with E-state index in [0.29, 0.717) is 56.1 Å². The van der Waals surface area contributed by atoms with Crippen LogP contribution in [0.15, 0.2) is 52.3 Å². The van der Waals surface area contributed by atoms with E-state index in [4.69, 9.17) is 9.47 Å². The molecule has 0 atom stereocenters. The lowest BCUT2D eigenvalue weighted by atomic mass is 9.78. The number of carbonyl (C=O) groups is 1. The number of rotatable bonds is 6. The topological polar surface area (TPSA) is 110 Å². The quantitative estimate of drug-likeness (QED) is 0.573. The first kappa shape index (κ1) is 25.5. The number of methoxy groups -OCH3 is 2. The Morgan fingerprint density at radius 2 is 1.46 bits per heavy atom. The van der Waals surface area contributed by atoms with Gasteiger partial charge in [-0.25, -0.2) is 16.8 Å². The summed E-state index contributed by atoms with van der Waals surface area (Å²) in [6.07, 6.45) is 3.20. The summed E-state index contributed by atoms with van der Waals surface area (Å²) in [6.45, 7) is 1.83. The third kappa shape index (κ3) is 5.03. The summed E-state index contributed by atoms with van der Waals surface area (Å²) in [5.74, 6) is 0.920. The molecule has 2 fully saturated rings. The van der Waals surface area contributed by atoms with E-state index in [9.17, 15) is 21.6 Å². The molecule has 0 aromatic heterocycles. The summed E-state index contributed by atoms with van der Waals surface area (Å²) >= 11 is 0. The molecule has 35 heavy (non-hydrogen) atoms. The van der Waals surface area contributed by atoms with Crippen molar-refractivity contribution in [3.05, 3.63) is 48.0 Å². The number of piperidine rings is 1. The third-order valence-corrected chi connectivity index (χ3v) is 10.0. The van der Waals surface area contributed by atoms with Gasteiger partial charge in [0.2, 0.25) is 10.0 Å². The summed E-state index contributed by atoms with van der Waals surface area (Å²) in [7, 11) is -4.08. The summed E-state index contributed by atoms with van der Waals surface area (Å²) in [5.41, 5.74) is 0.255. The molecule has 0 unspecified atom stereocenters. The van der Waals surface area contributed by atoms with Crippen molar-refractivity contribution in [1.29, 1.82) is 0 Å². The predicted molar refractivity (Wildman–Crippen MR) is 130 cm³/mol. The Morgan fingerprint density at radius 3 is 2.03 bits per heavy atom. The lowest BCUT2D eigenvalue weighted by Crippen LogP contribution is -2.44. The first-order chi connectivity index (χ1) is 16.5. The van der Waals surface area contributed by atoms with Crippen LogP contribution in [0.25, 0.3) is 0 Å². The molecule has 2 aromatic carbocycles. The van der Waals surface area contributed by atoms with E-state index in [1.54, 1.807) is 30.2 Å². The van der Waals surface area contributed by atoms with Crippen LogP contribution in [0.1, 0.15) is 29.6 Å². The van der Waals surface area contributed by atoms with Crippen molar-refractivity contribution in [3.63, 3.8) is 0 Å². The second-order valence-electron chi connectivity index (χ2n) is 9.19. The number of carbonyl (C=O) groups excluding carboxylic acids is 1. The first-order valence-electron chi connectivity index (χ1n) is 11.3. The van der Waals surface area contributed by atoms with Crippen molar-refractivity contribution in [2.45, 2.75) is 29.1 Å². The van der Waals surface area contributed by atoms with E-state index in [-0.39, 0.29) is 21.1 Å². The van der Waals surface area contributed by atoms with E-state index in [2.05, 4.69) is 0 Å². The molecule has 0 aliphatic carbocycles. The van der Waals surface area contributed by atoms with Crippen LogP contribution in [0.4, 0.5) is 0 Å². The highest BCUT2D eigenvalue weighted by atomic mass is 32.2. The molecule has 4 rings (SSSR count). The van der Waals surface area contributed by atoms with Crippen molar-refractivity contribution in [1.82, 2.24) is 9.21 Å². The minimum absolute atomic E-state index is 0.0825. The Morgan fingerprint density at radius 1 is 0.857 bits per heavy atom. The van der Waals surface area contributed by atoms with Gasteiger partial charge in [-0.3, -0.25) is 4.79 Å². The molecule has 2 saturated heterocycles. The summed E-state index contributed by atoms with van der Waals surface area (Å²) in [4.78, 5) is 15.1. The molecule has 2 aliphatic rings. The molecule has 2 aliphatic heterocycles. The van der Waals surface area contributed by atoms with Crippen molar-refractivity contribution < 1.29 is 31.1 Å². The van der Waals surface area contributed by atoms with Crippen LogP contribution in [0.2, 0.25) is 0 Å². The number of hydrogen-bond acceptors (Lipinski definition) is 7. The Bertz CT molecular complexity index is 1310. The summed E-state index contributed by atoms with van der Waals surface area (Å²) in [5, 5.41) is 0. The highest BCUT2D eigenvalue weighted by Crippen LogP contribution is 2.42. The molecule has 9 nitrogen and oxygen atoms in total. The zero-order chi connectivity index (χ0) is 25.4. The lowest BCUT2D eigenvalue weighted by Gasteiger charge is -2.39. The van der Waals surface area contributed by atoms with Crippen LogP contribution < -0.4 is 9.47 Å². The average Bonchev–Trinajstić information content (AvgIpc) is 3.27. The fourth-order valence-corrected chi connectivity index (χ4v) is 7.04. The zero-order valence-corrected chi connectivity index (χ0v) is 21.7. The van der Waals surface area contributed by atoms with Crippen molar-refractivity contribution >= 4 is 25.8 Å². The molecule has 0 N–H and O–H groups in total. The second-order valence-corrected chi connectivity index (χ2v) is 13.1. The maximum atomic E-state index is 13.2. The van der Waals surface area contributed by atoms with E-state index >= 15 is 0 Å². The Kier molecular flexibility index (Phi) is 6.87. The third-order valence-electron chi connectivity index (χ3n) is 7.04. The number of ether oxygens (including phenoxy) is 2. The van der Waals surface area contributed by atoms with Gasteiger partial charge in [-0.15, -0.1) is 0 Å². The van der Waals surface area contributed by atoms with Gasteiger partial charge in [0.05, 0.1) is 29.6 Å². The van der Waals surface area contributed by atoms with Gasteiger partial charge < -0.3 is 14.4 Å². The van der Waals surface area contributed by atoms with E-state index in [0.717, 1.165) is 12.7 Å². The first-order valence-corrected chi connectivity index (χ1v) is 14.6. The van der Waals surface area contributed by atoms with Gasteiger partial charge in [-0.1, -0.05) is 0 Å². The summed E-state index contributed by atoms with van der Waals surface area (Å²) in [6, 6.07) is 10.5. The van der Waals surface area contributed by atoms with E-state index in [1.807, 2.05) is 0 Å². The standard InChI is InChI=1S/C24H30N2O7S2/c1-32-18-4-9-22(33-2)21(16-18)23(27)25-13-10-24(11-14-25)12-15-26(17-24)35(30,31)20-7-5-19(6-8-20)34(3,28)29/h4-9,16H,10-15,17H2,1-3H3. The number of hydrogen-bond donors (Lipinski definition) is 0. The summed E-state index contributed by atoms with van der Waals surface area (Å²) < 4.78 is 61.9. The van der Waals surface area contributed by atoms with Crippen LogP contribution in [-0.2, 0) is 19.9 Å². The Hall–Kier alpha value is -2.63. The zero-order valence-electron chi connectivity index (χ0n) is 20.1. The van der Waals surface area contributed by atoms with Crippen LogP contribution in [0.3, 0.4) is 0 Å². The maximum absolute atomic E-state index is 13.2. The average molecular weight is 523 g/mol. The minimum Gasteiger partial charge on any atom is -0.497 e. The molecule has 11 heteroatoms. The molecule has 0 radical (unpaired) electrons. The van der Waals surface area contributed by atoms with Gasteiger partial charge in [0.1, 0.15) is 11.5 Å². The van der Waals surface area contributed by atoms with Crippen LogP contribution in [0, 0.1) is 5.41 Å². The molecule has 1 spiro atoms. The molecular weight excluding hydrogens is 492 g/mol. The maximum Gasteiger partial charge on any atom is 0.257 e. The second kappa shape index (κ2) is 9.44. The number of nitrogens with zero attached hydrogens (tertiary/aromatic N) is 2. The number of amides is 1. The molecule has 190 valence electrons. The number of likely N-dealkylation sites (tertiary alicyclic amines) is 1. The van der Waals surface area contributed by atoms with Gasteiger partial charge in [0, 0.05) is 32.4 Å². The van der Waals surface area contributed by atoms with Gasteiger partial charge in [-0.2, -0.15) is 4.31 Å². The monoisotopic (exact) mass is 522 g/mol. The number of sulfonamides is 1. The minimum atomic E-state index is -3.74.